The average Bonchev–Trinajstić information content (AvgIpc) is 2.57. The van der Waals surface area contributed by atoms with Gasteiger partial charge in [0.05, 0.1) is 0 Å². The first-order valence-corrected chi connectivity index (χ1v) is 9.83. The smallest absolute Gasteiger partial charge is 0.0480 e. The third kappa shape index (κ3) is 5.58. The quantitative estimate of drug-likeness (QED) is 0.862. The second-order valence-electron chi connectivity index (χ2n) is 8.04. The molecule has 0 aromatic heterocycles. The number of hydrogen-bond donors (Lipinski definition) is 1. The van der Waals surface area contributed by atoms with Crippen LogP contribution in [0.1, 0.15) is 50.7 Å². The third-order valence-corrected chi connectivity index (χ3v) is 5.27. The summed E-state index contributed by atoms with van der Waals surface area (Å²) in [5.74, 6) is 0.731. The topological polar surface area (TPSA) is 24.5 Å². The molecule has 0 radical (unpaired) electrons. The van der Waals surface area contributed by atoms with Crippen LogP contribution >= 0.6 is 0 Å². The van der Waals surface area contributed by atoms with E-state index >= 15 is 0 Å². The van der Waals surface area contributed by atoms with Crippen LogP contribution < -0.4 is 5.32 Å². The molecule has 24 heavy (non-hydrogen) atoms. The van der Waals surface area contributed by atoms with Gasteiger partial charge in [0, 0.05) is 38.4 Å². The first kappa shape index (κ1) is 17.9. The fourth-order valence-electron chi connectivity index (χ4n) is 4.04. The summed E-state index contributed by atoms with van der Waals surface area (Å²) in [5.41, 5.74) is 2.92. The van der Waals surface area contributed by atoms with Crippen molar-refractivity contribution in [1.82, 2.24) is 10.2 Å². The van der Waals surface area contributed by atoms with Crippen LogP contribution in [0, 0.1) is 5.92 Å². The minimum atomic E-state index is 0.655. The van der Waals surface area contributed by atoms with E-state index in [9.17, 15) is 0 Å². The average molecular weight is 331 g/mol. The van der Waals surface area contributed by atoms with Crippen LogP contribution in [0.3, 0.4) is 0 Å². The van der Waals surface area contributed by atoms with Crippen molar-refractivity contribution in [2.24, 2.45) is 5.92 Å². The zero-order valence-electron chi connectivity index (χ0n) is 15.5. The van der Waals surface area contributed by atoms with Gasteiger partial charge >= 0.3 is 0 Å². The van der Waals surface area contributed by atoms with E-state index in [0.717, 1.165) is 25.7 Å². The Labute approximate surface area is 147 Å². The molecule has 1 N–H and O–H groups in total. The maximum absolute atomic E-state index is 5.47. The summed E-state index contributed by atoms with van der Waals surface area (Å²) in [5, 5.41) is 3.88. The number of benzene rings is 1. The lowest BCUT2D eigenvalue weighted by Gasteiger charge is -2.36. The van der Waals surface area contributed by atoms with Gasteiger partial charge in [-0.25, -0.2) is 0 Å². The molecule has 0 amide bonds. The van der Waals surface area contributed by atoms with E-state index in [2.05, 4.69) is 48.3 Å². The number of piperidine rings is 1. The minimum absolute atomic E-state index is 0.655. The first-order chi connectivity index (χ1) is 11.7. The van der Waals surface area contributed by atoms with Crippen molar-refractivity contribution in [1.29, 1.82) is 0 Å². The molecule has 3 nitrogen and oxygen atoms in total. The summed E-state index contributed by atoms with van der Waals surface area (Å²) in [7, 11) is 0. The lowest BCUT2D eigenvalue weighted by molar-refractivity contribution is 0.0690. The standard InChI is InChI=1S/C21H34N2O/c1-17(2)14-18-5-7-19(8-6-18)15-23-11-3-4-21(16-23)22-20-9-12-24-13-10-20/h5-8,17,20-22H,3-4,9-16H2,1-2H3/t21-/m0/s1. The normalized spacial score (nSPS) is 23.7. The fraction of sp³-hybridized carbons (Fsp3) is 0.714. The van der Waals surface area contributed by atoms with Crippen LogP contribution in [0.15, 0.2) is 24.3 Å². The molecular weight excluding hydrogens is 296 g/mol. The summed E-state index contributed by atoms with van der Waals surface area (Å²) in [6.07, 6.45) is 6.16. The molecule has 134 valence electrons. The Morgan fingerprint density at radius 3 is 2.46 bits per heavy atom. The van der Waals surface area contributed by atoms with Crippen molar-refractivity contribution < 1.29 is 4.74 Å². The summed E-state index contributed by atoms with van der Waals surface area (Å²) < 4.78 is 5.47. The number of likely N-dealkylation sites (tertiary alicyclic amines) is 1. The zero-order valence-corrected chi connectivity index (χ0v) is 15.5. The Hall–Kier alpha value is -0.900. The van der Waals surface area contributed by atoms with Gasteiger partial charge in [-0.1, -0.05) is 38.1 Å². The van der Waals surface area contributed by atoms with Gasteiger partial charge in [-0.2, -0.15) is 0 Å². The van der Waals surface area contributed by atoms with Crippen LogP contribution in [0.25, 0.3) is 0 Å². The van der Waals surface area contributed by atoms with Gasteiger partial charge < -0.3 is 10.1 Å². The zero-order chi connectivity index (χ0) is 16.8. The molecule has 0 bridgehead atoms. The highest BCUT2D eigenvalue weighted by atomic mass is 16.5. The van der Waals surface area contributed by atoms with Gasteiger partial charge in [-0.05, 0) is 55.7 Å². The van der Waals surface area contributed by atoms with E-state index in [1.165, 1.54) is 56.3 Å². The van der Waals surface area contributed by atoms with Crippen LogP contribution in [0.5, 0.6) is 0 Å². The van der Waals surface area contributed by atoms with E-state index in [4.69, 9.17) is 4.74 Å². The van der Waals surface area contributed by atoms with Crippen LogP contribution in [-0.4, -0.2) is 43.3 Å². The highest BCUT2D eigenvalue weighted by Gasteiger charge is 2.23. The van der Waals surface area contributed by atoms with Gasteiger partial charge in [0.2, 0.25) is 0 Å². The minimum Gasteiger partial charge on any atom is -0.381 e. The number of hydrogen-bond acceptors (Lipinski definition) is 3. The van der Waals surface area contributed by atoms with E-state index < -0.39 is 0 Å². The molecule has 2 saturated heterocycles. The third-order valence-electron chi connectivity index (χ3n) is 5.27. The fourth-order valence-corrected chi connectivity index (χ4v) is 4.04. The van der Waals surface area contributed by atoms with E-state index in [1.54, 1.807) is 0 Å². The first-order valence-electron chi connectivity index (χ1n) is 9.83. The molecule has 3 heteroatoms. The summed E-state index contributed by atoms with van der Waals surface area (Å²) >= 11 is 0. The van der Waals surface area contributed by atoms with Crippen LogP contribution in [-0.2, 0) is 17.7 Å². The Bertz CT molecular complexity index is 479. The van der Waals surface area contributed by atoms with Gasteiger partial charge in [0.15, 0.2) is 0 Å². The second-order valence-corrected chi connectivity index (χ2v) is 8.04. The Morgan fingerprint density at radius 2 is 1.75 bits per heavy atom. The molecule has 0 unspecified atom stereocenters. The predicted molar refractivity (Wildman–Crippen MR) is 100 cm³/mol. The number of nitrogens with one attached hydrogen (secondary N) is 1. The van der Waals surface area contributed by atoms with E-state index in [1.807, 2.05) is 0 Å². The lowest BCUT2D eigenvalue weighted by atomic mass is 10.00. The van der Waals surface area contributed by atoms with Crippen molar-refractivity contribution in [3.8, 4) is 0 Å². The molecule has 2 heterocycles. The highest BCUT2D eigenvalue weighted by molar-refractivity contribution is 5.23. The molecule has 3 rings (SSSR count). The molecule has 2 aliphatic heterocycles. The molecule has 2 aliphatic rings. The second kappa shape index (κ2) is 8.98. The van der Waals surface area contributed by atoms with Crippen LogP contribution in [0.4, 0.5) is 0 Å². The Balaban J connectivity index is 1.47. The number of rotatable bonds is 6. The molecule has 1 aromatic carbocycles. The number of ether oxygens (including phenoxy) is 1. The lowest BCUT2D eigenvalue weighted by Crippen LogP contribution is -2.50. The van der Waals surface area contributed by atoms with Gasteiger partial charge in [0.1, 0.15) is 0 Å². The van der Waals surface area contributed by atoms with Crippen molar-refractivity contribution in [2.45, 2.75) is 64.6 Å². The molecule has 1 aromatic rings. The maximum Gasteiger partial charge on any atom is 0.0480 e. The molecule has 1 atom stereocenters. The monoisotopic (exact) mass is 330 g/mol. The van der Waals surface area contributed by atoms with Gasteiger partial charge in [0.25, 0.3) is 0 Å². The summed E-state index contributed by atoms with van der Waals surface area (Å²) in [6, 6.07) is 10.6. The van der Waals surface area contributed by atoms with Gasteiger partial charge in [-0.15, -0.1) is 0 Å². The Kier molecular flexibility index (Phi) is 6.70. The van der Waals surface area contributed by atoms with Crippen molar-refractivity contribution >= 4 is 0 Å². The van der Waals surface area contributed by atoms with E-state index in [-0.39, 0.29) is 0 Å². The predicted octanol–water partition coefficient (Wildman–Crippen LogP) is 3.62. The largest absolute Gasteiger partial charge is 0.381 e. The molecular formula is C21H34N2O. The van der Waals surface area contributed by atoms with Crippen molar-refractivity contribution in [2.75, 3.05) is 26.3 Å². The van der Waals surface area contributed by atoms with Crippen molar-refractivity contribution in [3.63, 3.8) is 0 Å². The van der Waals surface area contributed by atoms with Crippen LogP contribution in [0.2, 0.25) is 0 Å². The summed E-state index contributed by atoms with van der Waals surface area (Å²) in [4.78, 5) is 2.62. The number of nitrogens with zero attached hydrogens (tertiary/aromatic N) is 1. The summed E-state index contributed by atoms with van der Waals surface area (Å²) in [6.45, 7) is 9.94. The maximum atomic E-state index is 5.47. The van der Waals surface area contributed by atoms with Gasteiger partial charge in [-0.3, -0.25) is 4.90 Å². The molecule has 2 fully saturated rings. The molecule has 0 saturated carbocycles. The molecule has 0 aliphatic carbocycles. The Morgan fingerprint density at radius 1 is 1.04 bits per heavy atom. The van der Waals surface area contributed by atoms with E-state index in [0.29, 0.717) is 12.1 Å². The highest BCUT2D eigenvalue weighted by Crippen LogP contribution is 2.17. The van der Waals surface area contributed by atoms with Crippen molar-refractivity contribution in [3.05, 3.63) is 35.4 Å². The SMILES string of the molecule is CC(C)Cc1ccc(CN2CCC[C@H](NC3CCOCC3)C2)cc1. The molecule has 0 spiro atoms.